The minimum absolute atomic E-state index is 0.178. The molecule has 1 N–H and O–H groups in total. The van der Waals surface area contributed by atoms with Crippen molar-refractivity contribution in [1.82, 2.24) is 14.5 Å². The maximum atomic E-state index is 11.9. The first-order chi connectivity index (χ1) is 11.2. The molecule has 0 radical (unpaired) electrons. The van der Waals surface area contributed by atoms with Gasteiger partial charge in [0.1, 0.15) is 0 Å². The maximum absolute atomic E-state index is 11.9. The Hall–Kier alpha value is -2.38. The van der Waals surface area contributed by atoms with Crippen molar-refractivity contribution < 1.29 is 4.79 Å². The average Bonchev–Trinajstić information content (AvgIpc) is 3.20. The standard InChI is InChI=1S/C16H14N4OS2/c1-20-9-8-17-16(20)23-14-5-2-12(3-6-14)19-15(21)7-4-13-10-22-11-18-13/h2-11H,1H3,(H,19,21). The van der Waals surface area contributed by atoms with E-state index >= 15 is 0 Å². The van der Waals surface area contributed by atoms with Gasteiger partial charge >= 0.3 is 0 Å². The average molecular weight is 342 g/mol. The van der Waals surface area contributed by atoms with Gasteiger partial charge in [-0.3, -0.25) is 4.79 Å². The Labute approximate surface area is 142 Å². The minimum Gasteiger partial charge on any atom is -0.329 e. The van der Waals surface area contributed by atoms with E-state index in [1.807, 2.05) is 47.5 Å². The van der Waals surface area contributed by atoms with Crippen LogP contribution in [-0.2, 0) is 11.8 Å². The lowest BCUT2D eigenvalue weighted by molar-refractivity contribution is -0.111. The Kier molecular flexibility index (Phi) is 4.89. The second-order valence-electron chi connectivity index (χ2n) is 4.68. The molecule has 5 nitrogen and oxygen atoms in total. The molecule has 23 heavy (non-hydrogen) atoms. The van der Waals surface area contributed by atoms with Crippen molar-refractivity contribution in [1.29, 1.82) is 0 Å². The first kappa shape index (κ1) is 15.5. The SMILES string of the molecule is Cn1ccnc1Sc1ccc(NC(=O)C=Cc2cscn2)cc1. The van der Waals surface area contributed by atoms with E-state index in [0.29, 0.717) is 0 Å². The molecule has 0 fully saturated rings. The number of aryl methyl sites for hydroxylation is 1. The number of nitrogens with one attached hydrogen (secondary N) is 1. The number of nitrogens with zero attached hydrogens (tertiary/aromatic N) is 3. The first-order valence-corrected chi connectivity index (χ1v) is 8.59. The highest BCUT2D eigenvalue weighted by atomic mass is 32.2. The maximum Gasteiger partial charge on any atom is 0.248 e. The summed E-state index contributed by atoms with van der Waals surface area (Å²) >= 11 is 3.07. The lowest BCUT2D eigenvalue weighted by Crippen LogP contribution is -2.07. The third kappa shape index (κ3) is 4.30. The van der Waals surface area contributed by atoms with Crippen LogP contribution in [0.2, 0.25) is 0 Å². The second kappa shape index (κ2) is 7.26. The molecule has 7 heteroatoms. The van der Waals surface area contributed by atoms with Crippen LogP contribution in [0.1, 0.15) is 5.69 Å². The number of imidazole rings is 1. The molecule has 0 saturated carbocycles. The van der Waals surface area contributed by atoms with Crippen molar-refractivity contribution in [2.45, 2.75) is 10.1 Å². The van der Waals surface area contributed by atoms with Crippen LogP contribution in [0.25, 0.3) is 6.08 Å². The van der Waals surface area contributed by atoms with E-state index in [1.165, 1.54) is 17.4 Å². The molecule has 1 amide bonds. The molecule has 1 aromatic carbocycles. The van der Waals surface area contributed by atoms with Crippen molar-refractivity contribution in [3.05, 3.63) is 59.3 Å². The highest BCUT2D eigenvalue weighted by Crippen LogP contribution is 2.26. The summed E-state index contributed by atoms with van der Waals surface area (Å²) in [7, 11) is 1.96. The van der Waals surface area contributed by atoms with Gasteiger partial charge < -0.3 is 9.88 Å². The first-order valence-electron chi connectivity index (χ1n) is 6.83. The number of benzene rings is 1. The fourth-order valence-corrected chi connectivity index (χ4v) is 3.13. The van der Waals surface area contributed by atoms with Gasteiger partial charge in [0.25, 0.3) is 0 Å². The lowest BCUT2D eigenvalue weighted by Gasteiger charge is -2.04. The predicted octanol–water partition coefficient (Wildman–Crippen LogP) is 3.68. The Balaban J connectivity index is 1.59. The Morgan fingerprint density at radius 3 is 2.78 bits per heavy atom. The molecule has 116 valence electrons. The molecular weight excluding hydrogens is 328 g/mol. The zero-order chi connectivity index (χ0) is 16.1. The molecule has 0 atom stereocenters. The third-order valence-electron chi connectivity index (χ3n) is 2.96. The summed E-state index contributed by atoms with van der Waals surface area (Å²) < 4.78 is 1.96. The third-order valence-corrected chi connectivity index (χ3v) is 4.65. The molecular formula is C16H14N4OS2. The highest BCUT2D eigenvalue weighted by Gasteiger charge is 2.03. The quantitative estimate of drug-likeness (QED) is 0.719. The van der Waals surface area contributed by atoms with Crippen molar-refractivity contribution in [2.75, 3.05) is 5.32 Å². The van der Waals surface area contributed by atoms with Crippen molar-refractivity contribution in [3.8, 4) is 0 Å². The van der Waals surface area contributed by atoms with Crippen molar-refractivity contribution >= 4 is 40.8 Å². The van der Waals surface area contributed by atoms with Gasteiger partial charge in [-0.15, -0.1) is 11.3 Å². The largest absolute Gasteiger partial charge is 0.329 e. The van der Waals surface area contributed by atoms with Crippen LogP contribution in [0.4, 0.5) is 5.69 Å². The minimum atomic E-state index is -0.178. The Morgan fingerprint density at radius 2 is 2.13 bits per heavy atom. The Morgan fingerprint density at radius 1 is 1.30 bits per heavy atom. The van der Waals surface area contributed by atoms with E-state index in [4.69, 9.17) is 0 Å². The summed E-state index contributed by atoms with van der Waals surface area (Å²) in [6, 6.07) is 7.66. The van der Waals surface area contributed by atoms with E-state index < -0.39 is 0 Å². The molecule has 0 saturated heterocycles. The molecule has 0 aliphatic rings. The van der Waals surface area contributed by atoms with Crippen LogP contribution in [0.5, 0.6) is 0 Å². The normalized spacial score (nSPS) is 11.0. The Bertz CT molecular complexity index is 807. The van der Waals surface area contributed by atoms with Crippen molar-refractivity contribution in [3.63, 3.8) is 0 Å². The van der Waals surface area contributed by atoms with Gasteiger partial charge in [-0.05, 0) is 30.3 Å². The summed E-state index contributed by atoms with van der Waals surface area (Å²) in [5.41, 5.74) is 3.27. The smallest absolute Gasteiger partial charge is 0.248 e. The van der Waals surface area contributed by atoms with Crippen LogP contribution in [-0.4, -0.2) is 20.4 Å². The molecule has 0 aliphatic carbocycles. The van der Waals surface area contributed by atoms with Crippen LogP contribution < -0.4 is 5.32 Å². The molecule has 2 heterocycles. The molecule has 0 aliphatic heterocycles. The highest BCUT2D eigenvalue weighted by molar-refractivity contribution is 7.99. The molecule has 0 spiro atoms. The van der Waals surface area contributed by atoms with E-state index in [2.05, 4.69) is 15.3 Å². The molecule has 3 rings (SSSR count). The summed E-state index contributed by atoms with van der Waals surface area (Å²) in [5.74, 6) is -0.178. The summed E-state index contributed by atoms with van der Waals surface area (Å²) in [5, 5.41) is 5.63. The number of carbonyl (C=O) groups excluding carboxylic acids is 1. The summed E-state index contributed by atoms with van der Waals surface area (Å²) in [6.07, 6.45) is 6.85. The zero-order valence-electron chi connectivity index (χ0n) is 12.3. The van der Waals surface area contributed by atoms with E-state index in [9.17, 15) is 4.79 Å². The number of aromatic nitrogens is 3. The number of hydrogen-bond donors (Lipinski definition) is 1. The number of hydrogen-bond acceptors (Lipinski definition) is 5. The zero-order valence-corrected chi connectivity index (χ0v) is 14.0. The van der Waals surface area contributed by atoms with Crippen molar-refractivity contribution in [2.24, 2.45) is 7.05 Å². The second-order valence-corrected chi connectivity index (χ2v) is 6.44. The lowest BCUT2D eigenvalue weighted by atomic mass is 10.3. The van der Waals surface area contributed by atoms with Gasteiger partial charge in [-0.1, -0.05) is 11.8 Å². The number of anilines is 1. The van der Waals surface area contributed by atoms with E-state index in [1.54, 1.807) is 29.5 Å². The van der Waals surface area contributed by atoms with Gasteiger partial charge in [0, 0.05) is 41.5 Å². The number of carbonyl (C=O) groups is 1. The predicted molar refractivity (Wildman–Crippen MR) is 93.6 cm³/mol. The molecule has 0 bridgehead atoms. The van der Waals surface area contributed by atoms with Gasteiger partial charge in [0.05, 0.1) is 11.2 Å². The summed E-state index contributed by atoms with van der Waals surface area (Å²) in [4.78, 5) is 21.3. The fraction of sp³-hybridized carbons (Fsp3) is 0.0625. The van der Waals surface area contributed by atoms with Gasteiger partial charge in [0.15, 0.2) is 5.16 Å². The monoisotopic (exact) mass is 342 g/mol. The van der Waals surface area contributed by atoms with E-state index in [-0.39, 0.29) is 5.91 Å². The van der Waals surface area contributed by atoms with Crippen LogP contribution in [0.15, 0.2) is 63.7 Å². The van der Waals surface area contributed by atoms with Gasteiger partial charge in [-0.2, -0.15) is 0 Å². The number of thiazole rings is 1. The van der Waals surface area contributed by atoms with Gasteiger partial charge in [-0.25, -0.2) is 9.97 Å². The van der Waals surface area contributed by atoms with E-state index in [0.717, 1.165) is 21.4 Å². The number of amides is 1. The topological polar surface area (TPSA) is 59.8 Å². The van der Waals surface area contributed by atoms with Gasteiger partial charge in [0.2, 0.25) is 5.91 Å². The van der Waals surface area contributed by atoms with Crippen LogP contribution in [0.3, 0.4) is 0 Å². The molecule has 2 aromatic heterocycles. The number of rotatable bonds is 5. The fourth-order valence-electron chi connectivity index (χ4n) is 1.81. The summed E-state index contributed by atoms with van der Waals surface area (Å²) in [6.45, 7) is 0. The molecule has 3 aromatic rings. The van der Waals surface area contributed by atoms with Crippen LogP contribution in [0, 0.1) is 0 Å². The molecule has 0 unspecified atom stereocenters. The van der Waals surface area contributed by atoms with Crippen LogP contribution >= 0.6 is 23.1 Å².